The van der Waals surface area contributed by atoms with Gasteiger partial charge in [-0.05, 0) is 26.2 Å². The summed E-state index contributed by atoms with van der Waals surface area (Å²) in [6.45, 7) is 1.29. The maximum atomic E-state index is 11.6. The van der Waals surface area contributed by atoms with Crippen molar-refractivity contribution in [3.63, 3.8) is 0 Å². The molecule has 0 aliphatic heterocycles. The minimum Gasteiger partial charge on any atom is -0.478 e. The van der Waals surface area contributed by atoms with Gasteiger partial charge in [0.25, 0.3) is 0 Å². The molecule has 0 aromatic heterocycles. The van der Waals surface area contributed by atoms with Crippen molar-refractivity contribution in [3.05, 3.63) is 11.6 Å². The maximum absolute atomic E-state index is 11.6. The van der Waals surface area contributed by atoms with Gasteiger partial charge in [0, 0.05) is 5.57 Å². The quantitative estimate of drug-likeness (QED) is 0.496. The van der Waals surface area contributed by atoms with Crippen LogP contribution in [-0.4, -0.2) is 17.8 Å². The SMILES string of the molecule is CC(=CCCCCCF)C(=O)O. The van der Waals surface area contributed by atoms with Crippen LogP contribution < -0.4 is 0 Å². The fourth-order valence-electron chi connectivity index (χ4n) is 0.821. The first kappa shape index (κ1) is 11.1. The summed E-state index contributed by atoms with van der Waals surface area (Å²) in [5.74, 6) is -0.875. The molecule has 0 spiro atoms. The van der Waals surface area contributed by atoms with Gasteiger partial charge < -0.3 is 5.11 Å². The summed E-state index contributed by atoms with van der Waals surface area (Å²) in [4.78, 5) is 10.3. The molecule has 0 saturated carbocycles. The zero-order chi connectivity index (χ0) is 9.40. The molecule has 0 aromatic rings. The van der Waals surface area contributed by atoms with Crippen molar-refractivity contribution in [2.24, 2.45) is 0 Å². The third-order valence-electron chi connectivity index (χ3n) is 1.63. The van der Waals surface area contributed by atoms with E-state index >= 15 is 0 Å². The molecular weight excluding hydrogens is 159 g/mol. The van der Waals surface area contributed by atoms with Gasteiger partial charge in [0.2, 0.25) is 0 Å². The highest BCUT2D eigenvalue weighted by Crippen LogP contribution is 2.03. The van der Waals surface area contributed by atoms with E-state index in [0.29, 0.717) is 12.0 Å². The van der Waals surface area contributed by atoms with Gasteiger partial charge in [-0.15, -0.1) is 0 Å². The highest BCUT2D eigenvalue weighted by atomic mass is 19.1. The van der Waals surface area contributed by atoms with Crippen molar-refractivity contribution in [2.45, 2.75) is 32.6 Å². The van der Waals surface area contributed by atoms with Crippen molar-refractivity contribution < 1.29 is 14.3 Å². The molecule has 0 rings (SSSR count). The smallest absolute Gasteiger partial charge is 0.330 e. The number of halogens is 1. The number of carboxylic acids is 1. The number of hydrogen-bond donors (Lipinski definition) is 1. The van der Waals surface area contributed by atoms with Crippen LogP contribution in [0.2, 0.25) is 0 Å². The standard InChI is InChI=1S/C9H15FO2/c1-8(9(11)12)6-4-2-3-5-7-10/h6H,2-5,7H2,1H3,(H,11,12). The molecule has 0 bridgehead atoms. The van der Waals surface area contributed by atoms with E-state index in [1.165, 1.54) is 0 Å². The lowest BCUT2D eigenvalue weighted by molar-refractivity contribution is -0.132. The first-order valence-corrected chi connectivity index (χ1v) is 4.14. The predicted octanol–water partition coefficient (Wildman–Crippen LogP) is 2.55. The summed E-state index contributed by atoms with van der Waals surface area (Å²) in [6, 6.07) is 0. The van der Waals surface area contributed by atoms with E-state index in [0.717, 1.165) is 19.3 Å². The molecule has 0 amide bonds. The second kappa shape index (κ2) is 6.83. The maximum Gasteiger partial charge on any atom is 0.330 e. The van der Waals surface area contributed by atoms with Crippen LogP contribution in [0.15, 0.2) is 11.6 Å². The van der Waals surface area contributed by atoms with E-state index in [-0.39, 0.29) is 6.67 Å². The number of aliphatic carboxylic acids is 1. The largest absolute Gasteiger partial charge is 0.478 e. The summed E-state index contributed by atoms with van der Waals surface area (Å²) >= 11 is 0. The molecule has 70 valence electrons. The Morgan fingerprint density at radius 3 is 2.58 bits per heavy atom. The molecule has 0 heterocycles. The molecule has 0 unspecified atom stereocenters. The Morgan fingerprint density at radius 1 is 1.42 bits per heavy atom. The zero-order valence-electron chi connectivity index (χ0n) is 7.35. The lowest BCUT2D eigenvalue weighted by Gasteiger charge is -1.94. The van der Waals surface area contributed by atoms with Gasteiger partial charge in [0.15, 0.2) is 0 Å². The van der Waals surface area contributed by atoms with Crippen molar-refractivity contribution in [1.82, 2.24) is 0 Å². The monoisotopic (exact) mass is 174 g/mol. The molecule has 0 aliphatic carbocycles. The van der Waals surface area contributed by atoms with Crippen molar-refractivity contribution in [1.29, 1.82) is 0 Å². The van der Waals surface area contributed by atoms with Gasteiger partial charge in [-0.3, -0.25) is 4.39 Å². The fraction of sp³-hybridized carbons (Fsp3) is 0.667. The lowest BCUT2D eigenvalue weighted by Crippen LogP contribution is -1.95. The Labute approximate surface area is 72.1 Å². The molecule has 1 N–H and O–H groups in total. The summed E-state index contributed by atoms with van der Waals surface area (Å²) < 4.78 is 11.6. The van der Waals surface area contributed by atoms with Crippen LogP contribution in [0, 0.1) is 0 Å². The van der Waals surface area contributed by atoms with Gasteiger partial charge in [-0.2, -0.15) is 0 Å². The van der Waals surface area contributed by atoms with Crippen LogP contribution in [0.1, 0.15) is 32.6 Å². The van der Waals surface area contributed by atoms with Crippen molar-refractivity contribution in [2.75, 3.05) is 6.67 Å². The summed E-state index contributed by atoms with van der Waals surface area (Å²) in [5.41, 5.74) is 0.371. The molecular formula is C9H15FO2. The number of alkyl halides is 1. The van der Waals surface area contributed by atoms with Gasteiger partial charge in [-0.1, -0.05) is 12.5 Å². The highest BCUT2D eigenvalue weighted by Gasteiger charge is 1.97. The molecule has 0 aliphatic rings. The Balaban J connectivity index is 3.40. The minimum atomic E-state index is -0.875. The molecule has 0 radical (unpaired) electrons. The number of allylic oxidation sites excluding steroid dienone is 1. The number of unbranched alkanes of at least 4 members (excludes halogenated alkanes) is 3. The van der Waals surface area contributed by atoms with E-state index in [2.05, 4.69) is 0 Å². The molecule has 3 heteroatoms. The van der Waals surface area contributed by atoms with E-state index < -0.39 is 5.97 Å². The second-order valence-corrected chi connectivity index (χ2v) is 2.73. The number of rotatable bonds is 6. The number of carboxylic acid groups (broad SMARTS) is 1. The van der Waals surface area contributed by atoms with Crippen LogP contribution in [0.3, 0.4) is 0 Å². The minimum absolute atomic E-state index is 0.276. The van der Waals surface area contributed by atoms with Crippen molar-refractivity contribution >= 4 is 5.97 Å². The van der Waals surface area contributed by atoms with Crippen LogP contribution in [-0.2, 0) is 4.79 Å². The topological polar surface area (TPSA) is 37.3 Å². The van der Waals surface area contributed by atoms with Gasteiger partial charge in [0.05, 0.1) is 6.67 Å². The fourth-order valence-corrected chi connectivity index (χ4v) is 0.821. The van der Waals surface area contributed by atoms with Crippen LogP contribution >= 0.6 is 0 Å². The number of hydrogen-bond acceptors (Lipinski definition) is 1. The first-order chi connectivity index (χ1) is 5.68. The number of carbonyl (C=O) groups is 1. The summed E-state index contributed by atoms with van der Waals surface area (Å²) in [5, 5.41) is 8.46. The Hall–Kier alpha value is -0.860. The molecule has 2 nitrogen and oxygen atoms in total. The van der Waals surface area contributed by atoms with E-state index in [1.807, 2.05) is 0 Å². The van der Waals surface area contributed by atoms with Gasteiger partial charge in [-0.25, -0.2) is 4.79 Å². The average Bonchev–Trinajstić information content (AvgIpc) is 2.03. The molecule has 0 aromatic carbocycles. The molecule has 12 heavy (non-hydrogen) atoms. The Morgan fingerprint density at radius 2 is 2.08 bits per heavy atom. The second-order valence-electron chi connectivity index (χ2n) is 2.73. The van der Waals surface area contributed by atoms with Gasteiger partial charge in [0.1, 0.15) is 0 Å². The third kappa shape index (κ3) is 5.89. The van der Waals surface area contributed by atoms with E-state index in [4.69, 9.17) is 5.11 Å². The highest BCUT2D eigenvalue weighted by molar-refractivity contribution is 5.85. The van der Waals surface area contributed by atoms with E-state index in [9.17, 15) is 9.18 Å². The molecule has 0 saturated heterocycles. The van der Waals surface area contributed by atoms with Crippen LogP contribution in [0.5, 0.6) is 0 Å². The first-order valence-electron chi connectivity index (χ1n) is 4.14. The van der Waals surface area contributed by atoms with Gasteiger partial charge >= 0.3 is 5.97 Å². The van der Waals surface area contributed by atoms with Crippen LogP contribution in [0.25, 0.3) is 0 Å². The normalized spacial score (nSPS) is 11.7. The Bertz CT molecular complexity index is 164. The zero-order valence-corrected chi connectivity index (χ0v) is 7.35. The summed E-state index contributed by atoms with van der Waals surface area (Å²) in [6.07, 6.45) is 4.70. The van der Waals surface area contributed by atoms with E-state index in [1.54, 1.807) is 13.0 Å². The lowest BCUT2D eigenvalue weighted by atomic mass is 10.1. The summed E-state index contributed by atoms with van der Waals surface area (Å²) in [7, 11) is 0. The predicted molar refractivity (Wildman–Crippen MR) is 45.8 cm³/mol. The third-order valence-corrected chi connectivity index (χ3v) is 1.63. The average molecular weight is 174 g/mol. The molecule has 0 atom stereocenters. The van der Waals surface area contributed by atoms with Crippen LogP contribution in [0.4, 0.5) is 4.39 Å². The Kier molecular flexibility index (Phi) is 6.34. The van der Waals surface area contributed by atoms with Crippen molar-refractivity contribution in [3.8, 4) is 0 Å². The molecule has 0 fully saturated rings.